The lowest BCUT2D eigenvalue weighted by molar-refractivity contribution is -0.134. The zero-order chi connectivity index (χ0) is 20.7. The minimum absolute atomic E-state index is 0.0633. The van der Waals surface area contributed by atoms with Gasteiger partial charge in [0.05, 0.1) is 5.41 Å². The van der Waals surface area contributed by atoms with E-state index in [-0.39, 0.29) is 11.8 Å². The molecule has 5 rings (SSSR count). The van der Waals surface area contributed by atoms with Gasteiger partial charge in [-0.15, -0.1) is 11.3 Å². The van der Waals surface area contributed by atoms with Crippen molar-refractivity contribution in [3.63, 3.8) is 0 Å². The summed E-state index contributed by atoms with van der Waals surface area (Å²) in [6, 6.07) is 12.8. The van der Waals surface area contributed by atoms with Crippen molar-refractivity contribution in [2.45, 2.75) is 38.5 Å². The maximum absolute atomic E-state index is 13.2. The highest BCUT2D eigenvalue weighted by Crippen LogP contribution is 2.56. The predicted octanol–water partition coefficient (Wildman–Crippen LogP) is 4.36. The number of amides is 2. The molecule has 0 spiro atoms. The molecule has 3 unspecified atom stereocenters. The third-order valence-corrected chi connectivity index (χ3v) is 8.54. The number of fused-ring (bicyclic) bond motifs is 1. The van der Waals surface area contributed by atoms with Gasteiger partial charge in [-0.25, -0.2) is 0 Å². The molecular formula is C25H30N2O2S. The van der Waals surface area contributed by atoms with Crippen molar-refractivity contribution in [1.29, 1.82) is 0 Å². The van der Waals surface area contributed by atoms with Crippen LogP contribution in [0.25, 0.3) is 10.4 Å². The summed E-state index contributed by atoms with van der Waals surface area (Å²) in [6.45, 7) is 1.25. The van der Waals surface area contributed by atoms with Crippen molar-refractivity contribution in [2.75, 3.05) is 20.1 Å². The van der Waals surface area contributed by atoms with E-state index in [0.29, 0.717) is 37.3 Å². The average Bonchev–Trinajstić information content (AvgIpc) is 3.11. The van der Waals surface area contributed by atoms with Crippen molar-refractivity contribution in [3.8, 4) is 10.4 Å². The van der Waals surface area contributed by atoms with Gasteiger partial charge in [0, 0.05) is 30.9 Å². The van der Waals surface area contributed by atoms with Crippen molar-refractivity contribution < 1.29 is 9.59 Å². The predicted molar refractivity (Wildman–Crippen MR) is 120 cm³/mol. The molecule has 1 aromatic carbocycles. The Bertz CT molecular complexity index is 911. The highest BCUT2D eigenvalue weighted by atomic mass is 32.1. The molecule has 2 amide bonds. The van der Waals surface area contributed by atoms with Gasteiger partial charge in [0.25, 0.3) is 0 Å². The van der Waals surface area contributed by atoms with Crippen LogP contribution in [0.2, 0.25) is 0 Å². The molecular weight excluding hydrogens is 392 g/mol. The standard InChI is InChI=1S/C25H30N2O2S/c1-26-24(29)25(15-17-8-10-18(11-9-17)21-7-4-14-30-21)12-13-27(16-25)23(28)22-19-5-2-3-6-20(19)22/h4,7-11,14,19-20,22H,2-3,5-6,12-13,15-16H2,1H3,(H,26,29). The van der Waals surface area contributed by atoms with E-state index in [4.69, 9.17) is 0 Å². The fourth-order valence-electron chi connectivity index (χ4n) is 5.93. The average molecular weight is 423 g/mol. The van der Waals surface area contributed by atoms with Crippen LogP contribution in [0.15, 0.2) is 41.8 Å². The molecule has 4 nitrogen and oxygen atoms in total. The van der Waals surface area contributed by atoms with Crippen LogP contribution >= 0.6 is 11.3 Å². The Morgan fingerprint density at radius 1 is 1.13 bits per heavy atom. The quantitative estimate of drug-likeness (QED) is 0.778. The smallest absolute Gasteiger partial charge is 0.228 e. The van der Waals surface area contributed by atoms with Gasteiger partial charge in [0.1, 0.15) is 0 Å². The molecule has 0 radical (unpaired) electrons. The second-order valence-electron chi connectivity index (χ2n) is 9.36. The first-order valence-corrected chi connectivity index (χ1v) is 12.1. The van der Waals surface area contributed by atoms with E-state index in [0.717, 1.165) is 12.0 Å². The SMILES string of the molecule is CNC(=O)C1(Cc2ccc(-c3cccs3)cc2)CCN(C(=O)C2C3CCCCC32)C1. The van der Waals surface area contributed by atoms with E-state index in [9.17, 15) is 9.59 Å². The van der Waals surface area contributed by atoms with Crippen LogP contribution in [0, 0.1) is 23.2 Å². The summed E-state index contributed by atoms with van der Waals surface area (Å²) in [7, 11) is 1.71. The van der Waals surface area contributed by atoms with E-state index < -0.39 is 5.41 Å². The van der Waals surface area contributed by atoms with Gasteiger partial charge in [-0.2, -0.15) is 0 Å². The number of hydrogen-bond acceptors (Lipinski definition) is 3. The Morgan fingerprint density at radius 3 is 2.50 bits per heavy atom. The molecule has 2 aromatic rings. The molecule has 3 aliphatic rings. The van der Waals surface area contributed by atoms with E-state index in [1.165, 1.54) is 36.1 Å². The molecule has 2 saturated carbocycles. The molecule has 1 saturated heterocycles. The Hall–Kier alpha value is -2.14. The Balaban J connectivity index is 1.31. The van der Waals surface area contributed by atoms with Crippen LogP contribution in [-0.2, 0) is 16.0 Å². The third kappa shape index (κ3) is 3.47. The summed E-state index contributed by atoms with van der Waals surface area (Å²) >= 11 is 1.73. The number of hydrogen-bond donors (Lipinski definition) is 1. The van der Waals surface area contributed by atoms with E-state index in [1.54, 1.807) is 18.4 Å². The molecule has 158 valence electrons. The number of thiophene rings is 1. The molecule has 0 bridgehead atoms. The molecule has 1 aliphatic heterocycles. The summed E-state index contributed by atoms with van der Waals surface area (Å²) in [5.41, 5.74) is 1.85. The number of carbonyl (C=O) groups is 2. The second-order valence-corrected chi connectivity index (χ2v) is 10.3. The first-order valence-electron chi connectivity index (χ1n) is 11.3. The first-order chi connectivity index (χ1) is 14.6. The molecule has 1 aromatic heterocycles. The van der Waals surface area contributed by atoms with Crippen LogP contribution in [0.1, 0.15) is 37.7 Å². The van der Waals surface area contributed by atoms with Crippen LogP contribution in [0.5, 0.6) is 0 Å². The summed E-state index contributed by atoms with van der Waals surface area (Å²) in [5.74, 6) is 1.84. The lowest BCUT2D eigenvalue weighted by Gasteiger charge is -2.28. The lowest BCUT2D eigenvalue weighted by Crippen LogP contribution is -2.44. The van der Waals surface area contributed by atoms with Crippen LogP contribution in [-0.4, -0.2) is 36.9 Å². The monoisotopic (exact) mass is 422 g/mol. The van der Waals surface area contributed by atoms with Crippen LogP contribution < -0.4 is 5.32 Å². The molecule has 5 heteroatoms. The van der Waals surface area contributed by atoms with Gasteiger partial charge in [0.15, 0.2) is 0 Å². The summed E-state index contributed by atoms with van der Waals surface area (Å²) in [4.78, 5) is 29.4. The largest absolute Gasteiger partial charge is 0.359 e. The molecule has 3 atom stereocenters. The van der Waals surface area contributed by atoms with Crippen molar-refractivity contribution in [2.24, 2.45) is 23.2 Å². The van der Waals surface area contributed by atoms with E-state index in [2.05, 4.69) is 47.1 Å². The Kier molecular flexibility index (Phi) is 5.18. The molecule has 2 aliphatic carbocycles. The Morgan fingerprint density at radius 2 is 1.87 bits per heavy atom. The van der Waals surface area contributed by atoms with Gasteiger partial charge in [-0.3, -0.25) is 9.59 Å². The van der Waals surface area contributed by atoms with E-state index in [1.807, 2.05) is 4.90 Å². The molecule has 2 heterocycles. The van der Waals surface area contributed by atoms with Gasteiger partial charge >= 0.3 is 0 Å². The van der Waals surface area contributed by atoms with Crippen LogP contribution in [0.4, 0.5) is 0 Å². The zero-order valence-electron chi connectivity index (χ0n) is 17.6. The van der Waals surface area contributed by atoms with Crippen molar-refractivity contribution in [3.05, 3.63) is 47.3 Å². The summed E-state index contributed by atoms with van der Waals surface area (Å²) < 4.78 is 0. The van der Waals surface area contributed by atoms with Gasteiger partial charge in [0.2, 0.25) is 11.8 Å². The normalized spacial score (nSPS) is 30.0. The third-order valence-electron chi connectivity index (χ3n) is 7.62. The minimum atomic E-state index is -0.519. The zero-order valence-corrected chi connectivity index (χ0v) is 18.4. The lowest BCUT2D eigenvalue weighted by atomic mass is 9.79. The summed E-state index contributed by atoms with van der Waals surface area (Å²) in [5, 5.41) is 4.97. The number of nitrogens with zero attached hydrogens (tertiary/aromatic N) is 1. The maximum atomic E-state index is 13.2. The first kappa shape index (κ1) is 19.8. The number of benzene rings is 1. The van der Waals surface area contributed by atoms with Crippen molar-refractivity contribution in [1.82, 2.24) is 10.2 Å². The highest BCUT2D eigenvalue weighted by molar-refractivity contribution is 7.13. The van der Waals surface area contributed by atoms with Crippen LogP contribution in [0.3, 0.4) is 0 Å². The van der Waals surface area contributed by atoms with Gasteiger partial charge in [-0.05, 0) is 60.1 Å². The summed E-state index contributed by atoms with van der Waals surface area (Å²) in [6.07, 6.45) is 6.40. The van der Waals surface area contributed by atoms with Gasteiger partial charge < -0.3 is 10.2 Å². The van der Waals surface area contributed by atoms with Crippen molar-refractivity contribution >= 4 is 23.2 Å². The number of rotatable bonds is 5. The Labute approximate surface area is 182 Å². The molecule has 3 fully saturated rings. The minimum Gasteiger partial charge on any atom is -0.359 e. The molecule has 1 N–H and O–H groups in total. The fourth-order valence-corrected chi connectivity index (χ4v) is 6.66. The number of likely N-dealkylation sites (tertiary alicyclic amines) is 1. The highest BCUT2D eigenvalue weighted by Gasteiger charge is 2.57. The maximum Gasteiger partial charge on any atom is 0.228 e. The number of carbonyl (C=O) groups excluding carboxylic acids is 2. The molecule has 30 heavy (non-hydrogen) atoms. The number of nitrogens with one attached hydrogen (secondary N) is 1. The topological polar surface area (TPSA) is 49.4 Å². The second kappa shape index (κ2) is 7.84. The van der Waals surface area contributed by atoms with Gasteiger partial charge in [-0.1, -0.05) is 43.2 Å². The fraction of sp³-hybridized carbons (Fsp3) is 0.520. The van der Waals surface area contributed by atoms with E-state index >= 15 is 0 Å².